The summed E-state index contributed by atoms with van der Waals surface area (Å²) in [6.07, 6.45) is 6.59. The largest absolute Gasteiger partial charge is 0.468 e. The van der Waals surface area contributed by atoms with Crippen LogP contribution in [0, 0.1) is 0 Å². The second kappa shape index (κ2) is 9.61. The number of furan rings is 1. The van der Waals surface area contributed by atoms with Crippen molar-refractivity contribution < 1.29 is 9.21 Å². The first-order valence-corrected chi connectivity index (χ1v) is 10.6. The topological polar surface area (TPSA) is 61.3 Å². The Balaban J connectivity index is 1.29. The minimum atomic E-state index is 0.0782. The molecule has 1 aliphatic rings. The van der Waals surface area contributed by atoms with Crippen molar-refractivity contribution in [3.63, 3.8) is 0 Å². The molecule has 0 radical (unpaired) electrons. The van der Waals surface area contributed by atoms with Crippen LogP contribution in [0.25, 0.3) is 11.3 Å². The van der Waals surface area contributed by atoms with Crippen LogP contribution in [0.1, 0.15) is 43.2 Å². The maximum Gasteiger partial charge on any atom is 0.220 e. The Labute approximate surface area is 172 Å². The van der Waals surface area contributed by atoms with E-state index in [0.29, 0.717) is 19.4 Å². The third-order valence-corrected chi connectivity index (χ3v) is 5.65. The van der Waals surface area contributed by atoms with E-state index in [0.717, 1.165) is 35.8 Å². The molecule has 2 aromatic heterocycles. The molecular formula is C24H29N3O2. The smallest absolute Gasteiger partial charge is 0.220 e. The van der Waals surface area contributed by atoms with Crippen molar-refractivity contribution in [3.8, 4) is 11.3 Å². The number of aryl methyl sites for hydroxylation is 1. The molecule has 3 aromatic rings. The molecule has 0 saturated carbocycles. The normalized spacial score (nSPS) is 15.9. The van der Waals surface area contributed by atoms with Gasteiger partial charge in [-0.05, 0) is 62.2 Å². The van der Waals surface area contributed by atoms with E-state index in [4.69, 9.17) is 4.42 Å². The first-order chi connectivity index (χ1) is 14.3. The maximum absolute atomic E-state index is 12.5. The van der Waals surface area contributed by atoms with Gasteiger partial charge >= 0.3 is 0 Å². The first kappa shape index (κ1) is 19.5. The van der Waals surface area contributed by atoms with Crippen LogP contribution in [-0.4, -0.2) is 35.4 Å². The molecule has 2 N–H and O–H groups in total. The lowest BCUT2D eigenvalue weighted by Crippen LogP contribution is -2.40. The van der Waals surface area contributed by atoms with Crippen LogP contribution in [0.2, 0.25) is 0 Å². The van der Waals surface area contributed by atoms with E-state index in [-0.39, 0.29) is 11.9 Å². The SMILES string of the molecule is O=C(CCc1ccc(-c2ccccc2)[nH]1)NCC(c1ccco1)N1CCCCC1. The Morgan fingerprint density at radius 1 is 1.03 bits per heavy atom. The number of H-pyrrole nitrogens is 1. The van der Waals surface area contributed by atoms with Gasteiger partial charge in [0.25, 0.3) is 0 Å². The average molecular weight is 392 g/mol. The highest BCUT2D eigenvalue weighted by Gasteiger charge is 2.24. The van der Waals surface area contributed by atoms with Gasteiger partial charge in [-0.2, -0.15) is 0 Å². The van der Waals surface area contributed by atoms with Crippen molar-refractivity contribution in [2.24, 2.45) is 0 Å². The van der Waals surface area contributed by atoms with Crippen LogP contribution in [-0.2, 0) is 11.2 Å². The predicted molar refractivity (Wildman–Crippen MR) is 114 cm³/mol. The number of nitrogens with one attached hydrogen (secondary N) is 2. The fourth-order valence-corrected chi connectivity index (χ4v) is 4.04. The lowest BCUT2D eigenvalue weighted by Gasteiger charge is -2.33. The Kier molecular flexibility index (Phi) is 6.47. The van der Waals surface area contributed by atoms with Gasteiger partial charge in [-0.25, -0.2) is 0 Å². The third kappa shape index (κ3) is 5.18. The number of amides is 1. The first-order valence-electron chi connectivity index (χ1n) is 10.6. The number of piperidine rings is 1. The fourth-order valence-electron chi connectivity index (χ4n) is 4.04. The summed E-state index contributed by atoms with van der Waals surface area (Å²) in [7, 11) is 0. The van der Waals surface area contributed by atoms with Gasteiger partial charge in [0.05, 0.1) is 12.3 Å². The molecule has 1 aromatic carbocycles. The Morgan fingerprint density at radius 3 is 2.62 bits per heavy atom. The molecular weight excluding hydrogens is 362 g/mol. The lowest BCUT2D eigenvalue weighted by molar-refractivity contribution is -0.121. The van der Waals surface area contributed by atoms with Gasteiger partial charge in [-0.15, -0.1) is 0 Å². The van der Waals surface area contributed by atoms with Gasteiger partial charge in [0.15, 0.2) is 0 Å². The maximum atomic E-state index is 12.5. The van der Waals surface area contributed by atoms with E-state index in [9.17, 15) is 4.79 Å². The number of nitrogens with zero attached hydrogens (tertiary/aromatic N) is 1. The van der Waals surface area contributed by atoms with Crippen LogP contribution < -0.4 is 5.32 Å². The Morgan fingerprint density at radius 2 is 1.86 bits per heavy atom. The molecule has 0 spiro atoms. The van der Waals surface area contributed by atoms with Crippen molar-refractivity contribution in [1.82, 2.24) is 15.2 Å². The summed E-state index contributed by atoms with van der Waals surface area (Å²) in [6.45, 7) is 2.71. The number of aromatic nitrogens is 1. The molecule has 29 heavy (non-hydrogen) atoms. The summed E-state index contributed by atoms with van der Waals surface area (Å²) >= 11 is 0. The zero-order valence-electron chi connectivity index (χ0n) is 16.8. The number of hydrogen-bond acceptors (Lipinski definition) is 3. The predicted octanol–water partition coefficient (Wildman–Crippen LogP) is 4.55. The average Bonchev–Trinajstić information content (AvgIpc) is 3.46. The molecule has 5 nitrogen and oxygen atoms in total. The summed E-state index contributed by atoms with van der Waals surface area (Å²) in [5.74, 6) is 1.01. The number of aromatic amines is 1. The molecule has 1 atom stereocenters. The zero-order chi connectivity index (χ0) is 19.9. The van der Waals surface area contributed by atoms with Gasteiger partial charge in [0, 0.05) is 24.4 Å². The minimum Gasteiger partial charge on any atom is -0.468 e. The lowest BCUT2D eigenvalue weighted by atomic mass is 10.1. The van der Waals surface area contributed by atoms with E-state index in [1.165, 1.54) is 19.3 Å². The Bertz CT molecular complexity index is 880. The van der Waals surface area contributed by atoms with Crippen molar-refractivity contribution in [2.45, 2.75) is 38.1 Å². The van der Waals surface area contributed by atoms with E-state index in [1.807, 2.05) is 30.3 Å². The molecule has 1 saturated heterocycles. The van der Waals surface area contributed by atoms with Gasteiger partial charge in [0.1, 0.15) is 5.76 Å². The highest BCUT2D eigenvalue weighted by Crippen LogP contribution is 2.24. The standard InChI is InChI=1S/C24H29N3O2/c28-24(14-12-20-11-13-21(26-20)19-8-3-1-4-9-19)25-18-22(23-10-7-17-29-23)27-15-5-2-6-16-27/h1,3-4,7-11,13,17,22,26H,2,5-6,12,14-16,18H2,(H,25,28). The molecule has 152 valence electrons. The van der Waals surface area contributed by atoms with E-state index >= 15 is 0 Å². The van der Waals surface area contributed by atoms with E-state index in [1.54, 1.807) is 6.26 Å². The number of benzene rings is 1. The molecule has 1 unspecified atom stereocenters. The van der Waals surface area contributed by atoms with Gasteiger partial charge in [0.2, 0.25) is 5.91 Å². The van der Waals surface area contributed by atoms with E-state index in [2.05, 4.69) is 39.5 Å². The van der Waals surface area contributed by atoms with Crippen LogP contribution >= 0.6 is 0 Å². The van der Waals surface area contributed by atoms with Crippen molar-refractivity contribution in [3.05, 3.63) is 72.3 Å². The summed E-state index contributed by atoms with van der Waals surface area (Å²) in [5, 5.41) is 3.12. The summed E-state index contributed by atoms with van der Waals surface area (Å²) in [5.41, 5.74) is 3.33. The number of hydrogen-bond donors (Lipinski definition) is 2. The zero-order valence-corrected chi connectivity index (χ0v) is 16.8. The molecule has 4 rings (SSSR count). The number of carbonyl (C=O) groups excluding carboxylic acids is 1. The van der Waals surface area contributed by atoms with Gasteiger partial charge in [-0.1, -0.05) is 36.8 Å². The summed E-state index contributed by atoms with van der Waals surface area (Å²) in [6, 6.07) is 18.4. The molecule has 0 bridgehead atoms. The molecule has 0 aliphatic carbocycles. The number of likely N-dealkylation sites (tertiary alicyclic amines) is 1. The van der Waals surface area contributed by atoms with Gasteiger partial charge < -0.3 is 14.7 Å². The monoisotopic (exact) mass is 391 g/mol. The molecule has 3 heterocycles. The number of rotatable bonds is 8. The van der Waals surface area contributed by atoms with Crippen LogP contribution in [0.15, 0.2) is 65.3 Å². The summed E-state index contributed by atoms with van der Waals surface area (Å²) in [4.78, 5) is 18.3. The molecule has 1 fully saturated rings. The quantitative estimate of drug-likeness (QED) is 0.592. The Hall–Kier alpha value is -2.79. The highest BCUT2D eigenvalue weighted by atomic mass is 16.3. The van der Waals surface area contributed by atoms with Crippen molar-refractivity contribution >= 4 is 5.91 Å². The van der Waals surface area contributed by atoms with Crippen molar-refractivity contribution in [1.29, 1.82) is 0 Å². The number of carbonyl (C=O) groups is 1. The van der Waals surface area contributed by atoms with Crippen molar-refractivity contribution in [2.75, 3.05) is 19.6 Å². The van der Waals surface area contributed by atoms with Crippen LogP contribution in [0.4, 0.5) is 0 Å². The molecule has 1 amide bonds. The summed E-state index contributed by atoms with van der Waals surface area (Å²) < 4.78 is 5.66. The van der Waals surface area contributed by atoms with Gasteiger partial charge in [-0.3, -0.25) is 9.69 Å². The van der Waals surface area contributed by atoms with Crippen LogP contribution in [0.5, 0.6) is 0 Å². The minimum absolute atomic E-state index is 0.0782. The molecule has 1 aliphatic heterocycles. The third-order valence-electron chi connectivity index (χ3n) is 5.65. The highest BCUT2D eigenvalue weighted by molar-refractivity contribution is 5.76. The van der Waals surface area contributed by atoms with Crippen LogP contribution in [0.3, 0.4) is 0 Å². The fraction of sp³-hybridized carbons (Fsp3) is 0.375. The second-order valence-electron chi connectivity index (χ2n) is 7.70. The molecule has 5 heteroatoms. The van der Waals surface area contributed by atoms with E-state index < -0.39 is 0 Å². The second-order valence-corrected chi connectivity index (χ2v) is 7.70.